The third kappa shape index (κ3) is 3.75. The standard InChI is InChI=1S/C15H22N2OS/c1-17(13-4-2-3-5-14(13)18)10-11-6-8-12(9-7-11)15(16)19/h6-9,13-14,18H,2-5,10H2,1H3,(H2,16,19). The highest BCUT2D eigenvalue weighted by Gasteiger charge is 2.26. The Morgan fingerprint density at radius 2 is 1.95 bits per heavy atom. The van der Waals surface area contributed by atoms with Crippen molar-refractivity contribution in [2.75, 3.05) is 7.05 Å². The number of nitrogens with two attached hydrogens (primary N) is 1. The topological polar surface area (TPSA) is 49.5 Å². The molecule has 3 N–H and O–H groups in total. The van der Waals surface area contributed by atoms with E-state index in [0.717, 1.165) is 31.4 Å². The second-order valence-electron chi connectivity index (χ2n) is 5.40. The maximum Gasteiger partial charge on any atom is 0.103 e. The second-order valence-corrected chi connectivity index (χ2v) is 5.84. The van der Waals surface area contributed by atoms with Gasteiger partial charge in [0, 0.05) is 18.2 Å². The Morgan fingerprint density at radius 3 is 2.53 bits per heavy atom. The summed E-state index contributed by atoms with van der Waals surface area (Å²) in [5, 5.41) is 10.1. The summed E-state index contributed by atoms with van der Waals surface area (Å²) >= 11 is 4.95. The van der Waals surface area contributed by atoms with Gasteiger partial charge < -0.3 is 10.8 Å². The zero-order valence-electron chi connectivity index (χ0n) is 11.4. The minimum atomic E-state index is -0.186. The molecule has 0 radical (unpaired) electrons. The summed E-state index contributed by atoms with van der Waals surface area (Å²) in [7, 11) is 2.08. The van der Waals surface area contributed by atoms with Crippen LogP contribution < -0.4 is 5.73 Å². The van der Waals surface area contributed by atoms with Gasteiger partial charge in [-0.15, -0.1) is 0 Å². The van der Waals surface area contributed by atoms with E-state index in [0.29, 0.717) is 4.99 Å². The molecule has 2 rings (SSSR count). The van der Waals surface area contributed by atoms with E-state index in [9.17, 15) is 5.11 Å². The van der Waals surface area contributed by atoms with E-state index >= 15 is 0 Å². The molecule has 2 atom stereocenters. The van der Waals surface area contributed by atoms with Gasteiger partial charge in [0.2, 0.25) is 0 Å². The first-order chi connectivity index (χ1) is 9.08. The lowest BCUT2D eigenvalue weighted by Crippen LogP contribution is -2.42. The molecule has 2 unspecified atom stereocenters. The summed E-state index contributed by atoms with van der Waals surface area (Å²) in [6.07, 6.45) is 4.19. The van der Waals surface area contributed by atoms with Crippen molar-refractivity contribution in [1.29, 1.82) is 0 Å². The minimum Gasteiger partial charge on any atom is -0.391 e. The molecule has 0 spiro atoms. The molecule has 104 valence electrons. The molecule has 1 fully saturated rings. The summed E-state index contributed by atoms with van der Waals surface area (Å²) in [5.41, 5.74) is 7.71. The lowest BCUT2D eigenvalue weighted by molar-refractivity contribution is 0.0288. The van der Waals surface area contributed by atoms with Crippen molar-refractivity contribution in [3.8, 4) is 0 Å². The Morgan fingerprint density at radius 1 is 1.32 bits per heavy atom. The minimum absolute atomic E-state index is 0.186. The lowest BCUT2D eigenvalue weighted by Gasteiger charge is -2.35. The number of thiocarbonyl (C=S) groups is 1. The molecule has 3 nitrogen and oxygen atoms in total. The summed E-state index contributed by atoms with van der Waals surface area (Å²) < 4.78 is 0. The highest BCUT2D eigenvalue weighted by molar-refractivity contribution is 7.80. The van der Waals surface area contributed by atoms with Gasteiger partial charge in [-0.2, -0.15) is 0 Å². The lowest BCUT2D eigenvalue weighted by atomic mass is 9.91. The molecule has 1 aromatic carbocycles. The van der Waals surface area contributed by atoms with Crippen LogP contribution in [-0.4, -0.2) is 34.2 Å². The molecule has 0 aromatic heterocycles. The van der Waals surface area contributed by atoms with Crippen LogP contribution in [0.5, 0.6) is 0 Å². The SMILES string of the molecule is CN(Cc1ccc(C(N)=S)cc1)C1CCCCC1O. The molecular weight excluding hydrogens is 256 g/mol. The fourth-order valence-corrected chi connectivity index (χ4v) is 2.92. The van der Waals surface area contributed by atoms with Gasteiger partial charge in [0.25, 0.3) is 0 Å². The number of hydrogen-bond donors (Lipinski definition) is 2. The van der Waals surface area contributed by atoms with Gasteiger partial charge in [0.05, 0.1) is 6.10 Å². The molecule has 1 aliphatic carbocycles. The highest BCUT2D eigenvalue weighted by Crippen LogP contribution is 2.23. The van der Waals surface area contributed by atoms with Crippen molar-refractivity contribution in [2.24, 2.45) is 5.73 Å². The highest BCUT2D eigenvalue weighted by atomic mass is 32.1. The molecule has 1 saturated carbocycles. The summed E-state index contributed by atoms with van der Waals surface area (Å²) in [4.78, 5) is 2.68. The van der Waals surface area contributed by atoms with Crippen LogP contribution >= 0.6 is 12.2 Å². The van der Waals surface area contributed by atoms with E-state index in [1.807, 2.05) is 12.1 Å². The number of aliphatic hydroxyl groups is 1. The molecule has 0 bridgehead atoms. The van der Waals surface area contributed by atoms with Crippen LogP contribution in [0.2, 0.25) is 0 Å². The van der Waals surface area contributed by atoms with E-state index < -0.39 is 0 Å². The Bertz CT molecular complexity index is 432. The van der Waals surface area contributed by atoms with Gasteiger partial charge in [0.15, 0.2) is 0 Å². The van der Waals surface area contributed by atoms with Crippen molar-refractivity contribution < 1.29 is 5.11 Å². The van der Waals surface area contributed by atoms with Crippen molar-refractivity contribution >= 4 is 17.2 Å². The molecule has 1 aliphatic rings. The molecule has 1 aromatic rings. The zero-order valence-corrected chi connectivity index (χ0v) is 12.2. The fraction of sp³-hybridized carbons (Fsp3) is 0.533. The van der Waals surface area contributed by atoms with E-state index in [1.54, 1.807) is 0 Å². The number of hydrogen-bond acceptors (Lipinski definition) is 3. The average Bonchev–Trinajstić information content (AvgIpc) is 2.39. The van der Waals surface area contributed by atoms with Crippen molar-refractivity contribution in [1.82, 2.24) is 4.90 Å². The maximum absolute atomic E-state index is 10.1. The summed E-state index contributed by atoms with van der Waals surface area (Å²) in [6, 6.07) is 8.32. The first kappa shape index (κ1) is 14.4. The number of benzene rings is 1. The molecule has 4 heteroatoms. The predicted molar refractivity (Wildman–Crippen MR) is 82.1 cm³/mol. The van der Waals surface area contributed by atoms with E-state index in [-0.39, 0.29) is 12.1 Å². The van der Waals surface area contributed by atoms with E-state index in [4.69, 9.17) is 18.0 Å². The third-order valence-electron chi connectivity index (χ3n) is 3.93. The number of rotatable bonds is 4. The second kappa shape index (κ2) is 6.46. The van der Waals surface area contributed by atoms with Crippen LogP contribution in [0, 0.1) is 0 Å². The monoisotopic (exact) mass is 278 g/mol. The number of aliphatic hydroxyl groups excluding tert-OH is 1. The van der Waals surface area contributed by atoms with Crippen LogP contribution in [0.25, 0.3) is 0 Å². The van der Waals surface area contributed by atoms with Crippen LogP contribution in [0.3, 0.4) is 0 Å². The third-order valence-corrected chi connectivity index (χ3v) is 4.17. The van der Waals surface area contributed by atoms with Crippen LogP contribution in [0.1, 0.15) is 36.8 Å². The molecule has 0 saturated heterocycles. The van der Waals surface area contributed by atoms with Gasteiger partial charge in [-0.1, -0.05) is 49.3 Å². The Balaban J connectivity index is 1.97. The molecule has 0 heterocycles. The quantitative estimate of drug-likeness (QED) is 0.828. The van der Waals surface area contributed by atoms with Crippen LogP contribution in [0.4, 0.5) is 0 Å². The number of nitrogens with zero attached hydrogens (tertiary/aromatic N) is 1. The smallest absolute Gasteiger partial charge is 0.103 e. The van der Waals surface area contributed by atoms with Gasteiger partial charge >= 0.3 is 0 Å². The molecular formula is C15H22N2OS. The van der Waals surface area contributed by atoms with Crippen molar-refractivity contribution in [3.05, 3.63) is 35.4 Å². The van der Waals surface area contributed by atoms with E-state index in [1.165, 1.54) is 12.0 Å². The predicted octanol–water partition coefficient (Wildman–Crippen LogP) is 2.06. The first-order valence-corrected chi connectivity index (χ1v) is 7.26. The molecule has 19 heavy (non-hydrogen) atoms. The van der Waals surface area contributed by atoms with Crippen molar-refractivity contribution in [2.45, 2.75) is 44.4 Å². The largest absolute Gasteiger partial charge is 0.391 e. The summed E-state index contributed by atoms with van der Waals surface area (Å²) in [5.74, 6) is 0. The molecule has 0 amide bonds. The first-order valence-electron chi connectivity index (χ1n) is 6.85. The maximum atomic E-state index is 10.1. The fourth-order valence-electron chi connectivity index (χ4n) is 2.79. The van der Waals surface area contributed by atoms with Crippen LogP contribution in [0.15, 0.2) is 24.3 Å². The van der Waals surface area contributed by atoms with Gasteiger partial charge in [-0.05, 0) is 25.5 Å². The van der Waals surface area contributed by atoms with Gasteiger partial charge in [-0.3, -0.25) is 4.90 Å². The van der Waals surface area contributed by atoms with Crippen LogP contribution in [-0.2, 0) is 6.54 Å². The Kier molecular flexibility index (Phi) is 4.91. The van der Waals surface area contributed by atoms with Crippen molar-refractivity contribution in [3.63, 3.8) is 0 Å². The van der Waals surface area contributed by atoms with Gasteiger partial charge in [-0.25, -0.2) is 0 Å². The Labute approximate surface area is 120 Å². The van der Waals surface area contributed by atoms with E-state index in [2.05, 4.69) is 24.1 Å². The van der Waals surface area contributed by atoms with Gasteiger partial charge in [0.1, 0.15) is 4.99 Å². The summed E-state index contributed by atoms with van der Waals surface area (Å²) in [6.45, 7) is 0.847. The average molecular weight is 278 g/mol. The number of likely N-dealkylation sites (N-methyl/N-ethyl adjacent to an activating group) is 1. The molecule has 0 aliphatic heterocycles. The normalized spacial score (nSPS) is 23.5. The Hall–Kier alpha value is -0.970. The zero-order chi connectivity index (χ0) is 13.8.